The Balaban J connectivity index is 1.87. The molecule has 2 aliphatic rings. The van der Waals surface area contributed by atoms with Gasteiger partial charge in [-0.3, -0.25) is 9.80 Å². The third kappa shape index (κ3) is 4.41. The maximum absolute atomic E-state index is 6.26. The first-order valence-corrected chi connectivity index (χ1v) is 8.92. The summed E-state index contributed by atoms with van der Waals surface area (Å²) in [5.74, 6) is 0.897. The van der Waals surface area contributed by atoms with Crippen LogP contribution in [0.15, 0.2) is 0 Å². The first-order valence-electron chi connectivity index (χ1n) is 8.92. The molecule has 0 aromatic carbocycles. The summed E-state index contributed by atoms with van der Waals surface area (Å²) in [6.07, 6.45) is 6.76. The minimum Gasteiger partial charge on any atom is -0.329 e. The number of hydrogen-bond acceptors (Lipinski definition) is 4. The van der Waals surface area contributed by atoms with Crippen LogP contribution in [0.5, 0.6) is 0 Å². The van der Waals surface area contributed by atoms with Crippen molar-refractivity contribution in [1.29, 1.82) is 0 Å². The normalized spacial score (nSPS) is 32.7. The van der Waals surface area contributed by atoms with Gasteiger partial charge in [0, 0.05) is 51.4 Å². The highest BCUT2D eigenvalue weighted by Crippen LogP contribution is 2.38. The number of likely N-dealkylation sites (N-methyl/N-ethyl adjacent to an activating group) is 1. The van der Waals surface area contributed by atoms with Gasteiger partial charge in [0.25, 0.3) is 0 Å². The molecule has 0 amide bonds. The number of hydrogen-bond donors (Lipinski definition) is 1. The number of piperazine rings is 1. The van der Waals surface area contributed by atoms with Gasteiger partial charge in [0.1, 0.15) is 0 Å². The predicted octanol–water partition coefficient (Wildman–Crippen LogP) is 1.46. The number of nitrogens with zero attached hydrogens (tertiary/aromatic N) is 3. The molecule has 1 saturated heterocycles. The van der Waals surface area contributed by atoms with E-state index in [0.29, 0.717) is 5.54 Å². The van der Waals surface area contributed by atoms with Crippen molar-refractivity contribution in [2.45, 2.75) is 44.6 Å². The van der Waals surface area contributed by atoms with Crippen LogP contribution in [0, 0.1) is 5.92 Å². The maximum Gasteiger partial charge on any atom is 0.0335 e. The average molecular weight is 297 g/mol. The van der Waals surface area contributed by atoms with Crippen molar-refractivity contribution in [3.8, 4) is 0 Å². The molecule has 2 N–H and O–H groups in total. The molecule has 0 spiro atoms. The van der Waals surface area contributed by atoms with E-state index in [1.165, 1.54) is 71.4 Å². The second-order valence-electron chi connectivity index (χ2n) is 7.43. The van der Waals surface area contributed by atoms with Crippen LogP contribution in [-0.4, -0.2) is 80.1 Å². The molecule has 2 unspecified atom stereocenters. The summed E-state index contributed by atoms with van der Waals surface area (Å²) >= 11 is 0. The van der Waals surface area contributed by atoms with Gasteiger partial charge in [-0.25, -0.2) is 0 Å². The lowest BCUT2D eigenvalue weighted by Gasteiger charge is -2.51. The molecule has 4 heteroatoms. The van der Waals surface area contributed by atoms with Crippen LogP contribution in [-0.2, 0) is 0 Å². The first-order chi connectivity index (χ1) is 10.1. The highest BCUT2D eigenvalue weighted by atomic mass is 15.3. The fourth-order valence-electron chi connectivity index (χ4n) is 4.20. The van der Waals surface area contributed by atoms with Gasteiger partial charge < -0.3 is 10.6 Å². The van der Waals surface area contributed by atoms with Gasteiger partial charge in [0.15, 0.2) is 0 Å². The Hall–Kier alpha value is -0.160. The lowest BCUT2D eigenvalue weighted by molar-refractivity contribution is -0.00255. The molecule has 0 radical (unpaired) electrons. The monoisotopic (exact) mass is 296 g/mol. The molecular formula is C17H36N4. The van der Waals surface area contributed by atoms with E-state index in [9.17, 15) is 0 Å². The minimum atomic E-state index is 0.312. The van der Waals surface area contributed by atoms with Crippen molar-refractivity contribution in [2.24, 2.45) is 11.7 Å². The Labute approximate surface area is 131 Å². The second kappa shape index (κ2) is 7.91. The van der Waals surface area contributed by atoms with E-state index in [2.05, 4.69) is 35.7 Å². The van der Waals surface area contributed by atoms with Crippen molar-refractivity contribution in [3.05, 3.63) is 0 Å². The molecular weight excluding hydrogens is 260 g/mol. The zero-order valence-electron chi connectivity index (χ0n) is 14.5. The average Bonchev–Trinajstić information content (AvgIpc) is 2.53. The summed E-state index contributed by atoms with van der Waals surface area (Å²) in [4.78, 5) is 7.63. The number of nitrogens with two attached hydrogens (primary N) is 1. The van der Waals surface area contributed by atoms with Crippen LogP contribution in [0.1, 0.15) is 39.0 Å². The van der Waals surface area contributed by atoms with Gasteiger partial charge >= 0.3 is 0 Å². The van der Waals surface area contributed by atoms with E-state index in [4.69, 9.17) is 5.73 Å². The van der Waals surface area contributed by atoms with E-state index in [-0.39, 0.29) is 0 Å². The van der Waals surface area contributed by atoms with Crippen molar-refractivity contribution in [1.82, 2.24) is 14.7 Å². The molecule has 21 heavy (non-hydrogen) atoms. The molecule has 2 rings (SSSR count). The van der Waals surface area contributed by atoms with Crippen molar-refractivity contribution < 1.29 is 0 Å². The van der Waals surface area contributed by atoms with Crippen LogP contribution >= 0.6 is 0 Å². The molecule has 124 valence electrons. The van der Waals surface area contributed by atoms with Gasteiger partial charge in [0.2, 0.25) is 0 Å². The Morgan fingerprint density at radius 3 is 2.48 bits per heavy atom. The molecule has 2 fully saturated rings. The second-order valence-corrected chi connectivity index (χ2v) is 7.43. The van der Waals surface area contributed by atoms with Gasteiger partial charge in [-0.2, -0.15) is 0 Å². The quantitative estimate of drug-likeness (QED) is 0.805. The molecule has 0 bridgehead atoms. The van der Waals surface area contributed by atoms with Gasteiger partial charge in [-0.15, -0.1) is 0 Å². The van der Waals surface area contributed by atoms with Crippen LogP contribution in [0.4, 0.5) is 0 Å². The third-order valence-electron chi connectivity index (χ3n) is 5.79. The van der Waals surface area contributed by atoms with Gasteiger partial charge in [-0.1, -0.05) is 26.2 Å². The Bertz CT molecular complexity index is 299. The summed E-state index contributed by atoms with van der Waals surface area (Å²) < 4.78 is 0. The van der Waals surface area contributed by atoms with Crippen LogP contribution in [0.3, 0.4) is 0 Å². The Kier molecular flexibility index (Phi) is 6.48. The molecule has 0 aromatic rings. The summed E-state index contributed by atoms with van der Waals surface area (Å²) in [5.41, 5.74) is 6.57. The molecule has 4 nitrogen and oxygen atoms in total. The molecule has 2 atom stereocenters. The zero-order valence-corrected chi connectivity index (χ0v) is 14.5. The van der Waals surface area contributed by atoms with E-state index in [1.54, 1.807) is 0 Å². The SMILES string of the molecule is CCC1CCCC(CN)(N2CCN(CCN(C)C)CC2)C1. The summed E-state index contributed by atoms with van der Waals surface area (Å²) in [7, 11) is 4.32. The predicted molar refractivity (Wildman–Crippen MR) is 90.6 cm³/mol. The van der Waals surface area contributed by atoms with Gasteiger partial charge in [-0.05, 0) is 32.9 Å². The highest BCUT2D eigenvalue weighted by Gasteiger charge is 2.40. The van der Waals surface area contributed by atoms with Crippen LogP contribution in [0.25, 0.3) is 0 Å². The van der Waals surface area contributed by atoms with Crippen molar-refractivity contribution >= 4 is 0 Å². The molecule has 1 aliphatic carbocycles. The minimum absolute atomic E-state index is 0.312. The maximum atomic E-state index is 6.26. The standard InChI is InChI=1S/C17H36N4/c1-4-16-6-5-7-17(14-16,15-18)21-12-10-20(11-13-21)9-8-19(2)3/h16H,4-15,18H2,1-3H3. The molecule has 1 saturated carbocycles. The van der Waals surface area contributed by atoms with Gasteiger partial charge in [0.05, 0.1) is 0 Å². The lowest BCUT2D eigenvalue weighted by atomic mass is 9.73. The molecule has 0 aromatic heterocycles. The van der Waals surface area contributed by atoms with Crippen molar-refractivity contribution in [2.75, 3.05) is 59.9 Å². The van der Waals surface area contributed by atoms with Crippen LogP contribution in [0.2, 0.25) is 0 Å². The van der Waals surface area contributed by atoms with E-state index < -0.39 is 0 Å². The topological polar surface area (TPSA) is 35.7 Å². The summed E-state index contributed by atoms with van der Waals surface area (Å²) in [6, 6.07) is 0. The molecule has 1 aliphatic heterocycles. The Morgan fingerprint density at radius 2 is 1.90 bits per heavy atom. The fraction of sp³-hybridized carbons (Fsp3) is 1.00. The number of rotatable bonds is 6. The van der Waals surface area contributed by atoms with Crippen molar-refractivity contribution in [3.63, 3.8) is 0 Å². The summed E-state index contributed by atoms with van der Waals surface area (Å²) in [6.45, 7) is 10.4. The zero-order chi connectivity index (χ0) is 15.3. The lowest BCUT2D eigenvalue weighted by Crippen LogP contribution is -2.62. The molecule has 1 heterocycles. The highest BCUT2D eigenvalue weighted by molar-refractivity contribution is 4.98. The first kappa shape index (κ1) is 17.2. The fourth-order valence-corrected chi connectivity index (χ4v) is 4.20. The third-order valence-corrected chi connectivity index (χ3v) is 5.79. The van der Waals surface area contributed by atoms with E-state index in [1.807, 2.05) is 0 Å². The largest absolute Gasteiger partial charge is 0.329 e. The van der Waals surface area contributed by atoms with Crippen LogP contribution < -0.4 is 5.73 Å². The van der Waals surface area contributed by atoms with E-state index >= 15 is 0 Å². The van der Waals surface area contributed by atoms with E-state index in [0.717, 1.165) is 12.5 Å². The summed E-state index contributed by atoms with van der Waals surface area (Å²) in [5, 5.41) is 0. The smallest absolute Gasteiger partial charge is 0.0335 e. The Morgan fingerprint density at radius 1 is 1.19 bits per heavy atom.